The number of amides is 1. The van der Waals surface area contributed by atoms with Gasteiger partial charge in [-0.1, -0.05) is 36.0 Å². The Bertz CT molecular complexity index is 1070. The van der Waals surface area contributed by atoms with Gasteiger partial charge in [-0.05, 0) is 23.8 Å². The molecule has 170 valence electrons. The molecule has 0 bridgehead atoms. The van der Waals surface area contributed by atoms with Crippen molar-refractivity contribution in [3.05, 3.63) is 65.5 Å². The van der Waals surface area contributed by atoms with Crippen molar-refractivity contribution in [2.75, 3.05) is 20.8 Å². The van der Waals surface area contributed by atoms with Crippen molar-refractivity contribution in [2.45, 2.75) is 23.6 Å². The van der Waals surface area contributed by atoms with Gasteiger partial charge in [-0.15, -0.1) is 10.2 Å². The van der Waals surface area contributed by atoms with Crippen LogP contribution in [0.25, 0.3) is 5.69 Å². The first kappa shape index (κ1) is 23.6. The highest BCUT2D eigenvalue weighted by Gasteiger charge is 2.30. The molecular formula is C21H21F3N4O3S. The number of carbonyl (C=O) groups excluding carboxylic acids is 1. The molecular weight excluding hydrogens is 445 g/mol. The number of methoxy groups -OCH3 is 2. The predicted molar refractivity (Wildman–Crippen MR) is 113 cm³/mol. The van der Waals surface area contributed by atoms with Crippen LogP contribution in [0.4, 0.5) is 13.2 Å². The van der Waals surface area contributed by atoms with E-state index in [0.29, 0.717) is 28.0 Å². The summed E-state index contributed by atoms with van der Waals surface area (Å²) in [5.41, 5.74) is 0.489. The Hall–Kier alpha value is -3.05. The smallest absolute Gasteiger partial charge is 0.416 e. The van der Waals surface area contributed by atoms with Gasteiger partial charge in [-0.3, -0.25) is 9.36 Å². The van der Waals surface area contributed by atoms with Crippen LogP contribution < -0.4 is 10.1 Å². The summed E-state index contributed by atoms with van der Waals surface area (Å²) < 4.78 is 50.8. The lowest BCUT2D eigenvalue weighted by molar-refractivity contribution is -0.137. The van der Waals surface area contributed by atoms with Crippen LogP contribution in [-0.2, 0) is 28.0 Å². The normalized spacial score (nSPS) is 11.4. The number of nitrogens with one attached hydrogen (secondary N) is 1. The van der Waals surface area contributed by atoms with E-state index in [1.165, 1.54) is 24.9 Å². The molecule has 0 saturated carbocycles. The summed E-state index contributed by atoms with van der Waals surface area (Å²) in [4.78, 5) is 11.8. The first-order chi connectivity index (χ1) is 15.3. The van der Waals surface area contributed by atoms with E-state index in [0.717, 1.165) is 12.1 Å². The SMILES string of the molecule is COCC(=O)NCc1nnc(SCc2cccc(C(F)(F)F)c2)n1-c1cccc(OC)c1. The highest BCUT2D eigenvalue weighted by molar-refractivity contribution is 7.98. The molecule has 32 heavy (non-hydrogen) atoms. The van der Waals surface area contributed by atoms with E-state index in [-0.39, 0.29) is 24.8 Å². The zero-order chi connectivity index (χ0) is 23.1. The Morgan fingerprint density at radius 1 is 1.12 bits per heavy atom. The molecule has 0 aliphatic carbocycles. The number of ether oxygens (including phenoxy) is 2. The van der Waals surface area contributed by atoms with E-state index >= 15 is 0 Å². The van der Waals surface area contributed by atoms with E-state index in [1.54, 1.807) is 35.9 Å². The molecule has 1 aromatic heterocycles. The number of alkyl halides is 3. The van der Waals surface area contributed by atoms with Gasteiger partial charge in [0.25, 0.3) is 0 Å². The Labute approximate surface area is 186 Å². The molecule has 7 nitrogen and oxygen atoms in total. The zero-order valence-electron chi connectivity index (χ0n) is 17.3. The number of hydrogen-bond acceptors (Lipinski definition) is 6. The molecule has 3 rings (SSSR count). The van der Waals surface area contributed by atoms with Gasteiger partial charge in [-0.25, -0.2) is 0 Å². The van der Waals surface area contributed by atoms with Crippen molar-refractivity contribution in [1.82, 2.24) is 20.1 Å². The molecule has 0 fully saturated rings. The minimum absolute atomic E-state index is 0.0928. The van der Waals surface area contributed by atoms with Gasteiger partial charge in [0.15, 0.2) is 11.0 Å². The maximum atomic E-state index is 13.0. The Kier molecular flexibility index (Phi) is 7.75. The number of aromatic nitrogens is 3. The average molecular weight is 466 g/mol. The average Bonchev–Trinajstić information content (AvgIpc) is 3.19. The molecule has 2 aromatic carbocycles. The summed E-state index contributed by atoms with van der Waals surface area (Å²) in [7, 11) is 2.96. The Balaban J connectivity index is 1.87. The van der Waals surface area contributed by atoms with Crippen LogP contribution in [0, 0.1) is 0 Å². The predicted octanol–water partition coefficient (Wildman–Crippen LogP) is 3.85. The maximum absolute atomic E-state index is 13.0. The summed E-state index contributed by atoms with van der Waals surface area (Å²) in [5, 5.41) is 11.5. The summed E-state index contributed by atoms with van der Waals surface area (Å²) in [6, 6.07) is 12.3. The molecule has 0 radical (unpaired) electrons. The van der Waals surface area contributed by atoms with E-state index < -0.39 is 11.7 Å². The minimum Gasteiger partial charge on any atom is -0.497 e. The summed E-state index contributed by atoms with van der Waals surface area (Å²) in [6.45, 7) is 0.000964. The number of rotatable bonds is 9. The quantitative estimate of drug-likeness (QED) is 0.483. The fourth-order valence-electron chi connectivity index (χ4n) is 2.86. The monoisotopic (exact) mass is 466 g/mol. The van der Waals surface area contributed by atoms with Gasteiger partial charge in [0.2, 0.25) is 5.91 Å². The van der Waals surface area contributed by atoms with Crippen molar-refractivity contribution in [3.8, 4) is 11.4 Å². The van der Waals surface area contributed by atoms with E-state index in [4.69, 9.17) is 9.47 Å². The highest BCUT2D eigenvalue weighted by atomic mass is 32.2. The molecule has 0 atom stereocenters. The molecule has 1 N–H and O–H groups in total. The number of nitrogens with zero attached hydrogens (tertiary/aromatic N) is 3. The number of thioether (sulfide) groups is 1. The van der Waals surface area contributed by atoms with Gasteiger partial charge >= 0.3 is 6.18 Å². The number of benzene rings is 2. The molecule has 0 spiro atoms. The Morgan fingerprint density at radius 2 is 1.91 bits per heavy atom. The molecule has 0 saturated heterocycles. The van der Waals surface area contributed by atoms with E-state index in [1.807, 2.05) is 6.07 Å². The first-order valence-electron chi connectivity index (χ1n) is 9.45. The van der Waals surface area contributed by atoms with Crippen molar-refractivity contribution in [3.63, 3.8) is 0 Å². The zero-order valence-corrected chi connectivity index (χ0v) is 18.2. The van der Waals surface area contributed by atoms with Crippen molar-refractivity contribution < 1.29 is 27.4 Å². The minimum atomic E-state index is -4.41. The fraction of sp³-hybridized carbons (Fsp3) is 0.286. The maximum Gasteiger partial charge on any atom is 0.416 e. The van der Waals surface area contributed by atoms with Crippen molar-refractivity contribution in [2.24, 2.45) is 0 Å². The molecule has 0 aliphatic rings. The number of halogens is 3. The van der Waals surface area contributed by atoms with Crippen LogP contribution in [0.1, 0.15) is 17.0 Å². The van der Waals surface area contributed by atoms with Crippen molar-refractivity contribution >= 4 is 17.7 Å². The summed E-state index contributed by atoms with van der Waals surface area (Å²) in [6.07, 6.45) is -4.41. The van der Waals surface area contributed by atoms with Gasteiger partial charge in [-0.2, -0.15) is 13.2 Å². The van der Waals surface area contributed by atoms with Crippen LogP contribution >= 0.6 is 11.8 Å². The van der Waals surface area contributed by atoms with Crippen LogP contribution in [-0.4, -0.2) is 41.5 Å². The third-order valence-corrected chi connectivity index (χ3v) is 5.35. The molecule has 0 aliphatic heterocycles. The second-order valence-corrected chi connectivity index (χ2v) is 7.57. The second kappa shape index (κ2) is 10.5. The number of hydrogen-bond donors (Lipinski definition) is 1. The lowest BCUT2D eigenvalue weighted by Gasteiger charge is -2.12. The third kappa shape index (κ3) is 6.01. The van der Waals surface area contributed by atoms with Crippen LogP contribution in [0.2, 0.25) is 0 Å². The standard InChI is InChI=1S/C21H21F3N4O3S/c1-30-12-19(29)25-11-18-26-27-20(28(18)16-7-4-8-17(10-16)31-2)32-13-14-5-3-6-15(9-14)21(22,23)24/h3-10H,11-13H2,1-2H3,(H,25,29). The highest BCUT2D eigenvalue weighted by Crippen LogP contribution is 2.32. The lowest BCUT2D eigenvalue weighted by Crippen LogP contribution is -2.27. The third-order valence-electron chi connectivity index (χ3n) is 4.35. The Morgan fingerprint density at radius 3 is 2.62 bits per heavy atom. The molecule has 1 heterocycles. The van der Waals surface area contributed by atoms with Crippen molar-refractivity contribution in [1.29, 1.82) is 0 Å². The molecule has 0 unspecified atom stereocenters. The first-order valence-corrected chi connectivity index (χ1v) is 10.4. The van der Waals surface area contributed by atoms with Crippen LogP contribution in [0.15, 0.2) is 53.7 Å². The largest absolute Gasteiger partial charge is 0.497 e. The molecule has 11 heteroatoms. The van der Waals surface area contributed by atoms with E-state index in [2.05, 4.69) is 15.5 Å². The lowest BCUT2D eigenvalue weighted by atomic mass is 10.1. The fourth-order valence-corrected chi connectivity index (χ4v) is 3.78. The van der Waals surface area contributed by atoms with Gasteiger partial charge in [0, 0.05) is 18.9 Å². The van der Waals surface area contributed by atoms with E-state index in [9.17, 15) is 18.0 Å². The number of carbonyl (C=O) groups is 1. The van der Waals surface area contributed by atoms with Gasteiger partial charge in [0.1, 0.15) is 12.4 Å². The summed E-state index contributed by atoms with van der Waals surface area (Å²) >= 11 is 1.24. The van der Waals surface area contributed by atoms with Crippen LogP contribution in [0.3, 0.4) is 0 Å². The van der Waals surface area contributed by atoms with Crippen LogP contribution in [0.5, 0.6) is 5.75 Å². The topological polar surface area (TPSA) is 78.3 Å². The molecule has 1 amide bonds. The molecule has 3 aromatic rings. The van der Waals surface area contributed by atoms with Gasteiger partial charge in [0.05, 0.1) is 24.9 Å². The van der Waals surface area contributed by atoms with Gasteiger partial charge < -0.3 is 14.8 Å². The summed E-state index contributed by atoms with van der Waals surface area (Å²) in [5.74, 6) is 1.00. The second-order valence-electron chi connectivity index (χ2n) is 6.63.